The molecule has 5 heteroatoms. The average Bonchev–Trinajstić information content (AvgIpc) is 3.36. The zero-order valence-corrected chi connectivity index (χ0v) is 14.8. The van der Waals surface area contributed by atoms with Crippen molar-refractivity contribution in [1.29, 1.82) is 0 Å². The fourth-order valence-corrected chi connectivity index (χ4v) is 4.11. The number of rotatable bonds is 4. The summed E-state index contributed by atoms with van der Waals surface area (Å²) in [5, 5.41) is 3.50. The molecule has 2 aliphatic rings. The molecule has 1 amide bonds. The lowest BCUT2D eigenvalue weighted by Gasteiger charge is -2.37. The highest BCUT2D eigenvalue weighted by Crippen LogP contribution is 2.54. The lowest BCUT2D eigenvalue weighted by Crippen LogP contribution is -2.49. The number of anilines is 1. The molecule has 1 N–H and O–H groups in total. The largest absolute Gasteiger partial charge is 0.445 e. The molecular weight excluding hydrogens is 331 g/mol. The van der Waals surface area contributed by atoms with Gasteiger partial charge in [-0.15, -0.1) is 0 Å². The number of amides is 1. The molecule has 26 heavy (non-hydrogen) atoms. The molecule has 2 aromatic rings. The Balaban J connectivity index is 1.35. The lowest BCUT2D eigenvalue weighted by molar-refractivity contribution is 0.0681. The number of halogens is 1. The van der Waals surface area contributed by atoms with E-state index in [9.17, 15) is 9.18 Å². The van der Waals surface area contributed by atoms with Gasteiger partial charge in [-0.2, -0.15) is 0 Å². The van der Waals surface area contributed by atoms with Gasteiger partial charge in [-0.25, -0.2) is 9.18 Å². The number of nitrogens with zero attached hydrogens (tertiary/aromatic N) is 1. The number of carbonyl (C=O) groups excluding carboxylic acids is 1. The SMILES string of the molecule is C[C@H]1C2C[C@]2(Nc2cccc(F)c2)CCN1C(=O)OCc1ccccc1. The van der Waals surface area contributed by atoms with Crippen molar-refractivity contribution in [3.8, 4) is 0 Å². The van der Waals surface area contributed by atoms with E-state index in [0.29, 0.717) is 19.1 Å². The van der Waals surface area contributed by atoms with Crippen LogP contribution in [0.15, 0.2) is 54.6 Å². The van der Waals surface area contributed by atoms with Crippen molar-refractivity contribution < 1.29 is 13.9 Å². The summed E-state index contributed by atoms with van der Waals surface area (Å²) in [5.74, 6) is 0.127. The third-order valence-corrected chi connectivity index (χ3v) is 5.66. The van der Waals surface area contributed by atoms with Gasteiger partial charge in [0.15, 0.2) is 0 Å². The van der Waals surface area contributed by atoms with Crippen LogP contribution in [-0.2, 0) is 11.3 Å². The maximum atomic E-state index is 13.4. The second-order valence-electron chi connectivity index (χ2n) is 7.33. The van der Waals surface area contributed by atoms with Gasteiger partial charge >= 0.3 is 6.09 Å². The van der Waals surface area contributed by atoms with Gasteiger partial charge in [0.25, 0.3) is 0 Å². The minimum Gasteiger partial charge on any atom is -0.445 e. The van der Waals surface area contributed by atoms with Crippen LogP contribution in [0.25, 0.3) is 0 Å². The second kappa shape index (κ2) is 6.63. The summed E-state index contributed by atoms with van der Waals surface area (Å²) in [4.78, 5) is 14.3. The van der Waals surface area contributed by atoms with E-state index in [4.69, 9.17) is 4.74 Å². The Morgan fingerprint density at radius 3 is 2.85 bits per heavy atom. The molecule has 0 spiro atoms. The van der Waals surface area contributed by atoms with Gasteiger partial charge in [-0.1, -0.05) is 36.4 Å². The predicted octanol–water partition coefficient (Wildman–Crippen LogP) is 4.43. The van der Waals surface area contributed by atoms with E-state index in [2.05, 4.69) is 12.2 Å². The van der Waals surface area contributed by atoms with E-state index >= 15 is 0 Å². The fourth-order valence-electron chi connectivity index (χ4n) is 4.11. The third-order valence-electron chi connectivity index (χ3n) is 5.66. The van der Waals surface area contributed by atoms with E-state index in [-0.39, 0.29) is 23.5 Å². The number of nitrogens with one attached hydrogen (secondary N) is 1. The Bertz CT molecular complexity index is 798. The molecule has 1 heterocycles. The molecule has 1 aliphatic heterocycles. The fraction of sp³-hybridized carbons (Fsp3) is 0.381. The summed E-state index contributed by atoms with van der Waals surface area (Å²) in [6.45, 7) is 3.01. The number of fused-ring (bicyclic) bond motifs is 1. The number of carbonyl (C=O) groups is 1. The molecule has 2 fully saturated rings. The first kappa shape index (κ1) is 16.9. The highest BCUT2D eigenvalue weighted by atomic mass is 19.1. The third kappa shape index (κ3) is 3.26. The Hall–Kier alpha value is -2.56. The maximum Gasteiger partial charge on any atom is 0.410 e. The van der Waals surface area contributed by atoms with Crippen molar-refractivity contribution in [3.63, 3.8) is 0 Å². The zero-order valence-electron chi connectivity index (χ0n) is 14.8. The number of benzene rings is 2. The summed E-state index contributed by atoms with van der Waals surface area (Å²) < 4.78 is 18.9. The number of hydrogen-bond donors (Lipinski definition) is 1. The van der Waals surface area contributed by atoms with Crippen molar-refractivity contribution in [2.45, 2.75) is 38.0 Å². The minimum atomic E-state index is -0.257. The van der Waals surface area contributed by atoms with Crippen LogP contribution in [0.3, 0.4) is 0 Å². The topological polar surface area (TPSA) is 41.6 Å². The van der Waals surface area contributed by atoms with E-state index in [1.807, 2.05) is 41.3 Å². The predicted molar refractivity (Wildman–Crippen MR) is 98.3 cm³/mol. The van der Waals surface area contributed by atoms with Gasteiger partial charge in [-0.05, 0) is 43.5 Å². The van der Waals surface area contributed by atoms with Gasteiger partial charge in [0.05, 0.1) is 0 Å². The van der Waals surface area contributed by atoms with Crippen LogP contribution in [0.5, 0.6) is 0 Å². The summed E-state index contributed by atoms with van der Waals surface area (Å²) in [7, 11) is 0. The van der Waals surface area contributed by atoms with Gasteiger partial charge < -0.3 is 15.0 Å². The Kier molecular flexibility index (Phi) is 4.31. The molecule has 1 aliphatic carbocycles. The Morgan fingerprint density at radius 2 is 2.08 bits per heavy atom. The smallest absolute Gasteiger partial charge is 0.410 e. The molecule has 0 bridgehead atoms. The highest BCUT2D eigenvalue weighted by molar-refractivity contribution is 5.69. The van der Waals surface area contributed by atoms with Crippen molar-refractivity contribution in [2.75, 3.05) is 11.9 Å². The molecule has 1 unspecified atom stereocenters. The standard InChI is InChI=1S/C21H23FN2O2/c1-15-19-13-21(19,23-18-9-5-8-17(22)12-18)10-11-24(15)20(25)26-14-16-6-3-2-4-7-16/h2-9,12,15,19,23H,10-11,13-14H2,1H3/t15-,19?,21+/m0/s1. The quantitative estimate of drug-likeness (QED) is 0.883. The van der Waals surface area contributed by atoms with Gasteiger partial charge in [0.2, 0.25) is 0 Å². The van der Waals surface area contributed by atoms with Crippen LogP contribution in [0.4, 0.5) is 14.9 Å². The van der Waals surface area contributed by atoms with Crippen molar-refractivity contribution in [1.82, 2.24) is 4.90 Å². The average molecular weight is 354 g/mol. The van der Waals surface area contributed by atoms with Crippen molar-refractivity contribution in [3.05, 3.63) is 66.0 Å². The molecule has 0 radical (unpaired) electrons. The van der Waals surface area contributed by atoms with Crippen LogP contribution >= 0.6 is 0 Å². The van der Waals surface area contributed by atoms with E-state index in [1.54, 1.807) is 6.07 Å². The van der Waals surface area contributed by atoms with Gasteiger partial charge in [-0.3, -0.25) is 0 Å². The zero-order chi connectivity index (χ0) is 18.1. The number of ether oxygens (including phenoxy) is 1. The molecule has 136 valence electrons. The molecule has 4 rings (SSSR count). The molecule has 1 saturated heterocycles. The normalized spacial score (nSPS) is 26.8. The van der Waals surface area contributed by atoms with E-state index in [1.165, 1.54) is 12.1 Å². The van der Waals surface area contributed by atoms with Gasteiger partial charge in [0, 0.05) is 29.7 Å². The first-order chi connectivity index (χ1) is 12.6. The Morgan fingerprint density at radius 1 is 1.27 bits per heavy atom. The molecule has 0 aromatic heterocycles. The Labute approximate surface area is 153 Å². The van der Waals surface area contributed by atoms with Crippen molar-refractivity contribution >= 4 is 11.8 Å². The number of piperidine rings is 1. The molecule has 3 atom stereocenters. The summed E-state index contributed by atoms with van der Waals surface area (Å²) >= 11 is 0. The summed E-state index contributed by atoms with van der Waals surface area (Å²) in [6, 6.07) is 16.4. The van der Waals surface area contributed by atoms with Crippen LogP contribution in [0.1, 0.15) is 25.3 Å². The monoisotopic (exact) mass is 354 g/mol. The summed E-state index contributed by atoms with van der Waals surface area (Å²) in [6.07, 6.45) is 1.58. The van der Waals surface area contributed by atoms with Gasteiger partial charge in [0.1, 0.15) is 12.4 Å². The number of hydrogen-bond acceptors (Lipinski definition) is 3. The lowest BCUT2D eigenvalue weighted by atomic mass is 9.98. The highest BCUT2D eigenvalue weighted by Gasteiger charge is 2.61. The minimum absolute atomic E-state index is 0.0244. The van der Waals surface area contributed by atoms with Crippen LogP contribution < -0.4 is 5.32 Å². The van der Waals surface area contributed by atoms with E-state index < -0.39 is 0 Å². The van der Waals surface area contributed by atoms with Crippen LogP contribution in [0.2, 0.25) is 0 Å². The van der Waals surface area contributed by atoms with Crippen LogP contribution in [0, 0.1) is 11.7 Å². The second-order valence-corrected chi connectivity index (χ2v) is 7.33. The first-order valence-corrected chi connectivity index (χ1v) is 9.08. The molecular formula is C21H23FN2O2. The molecule has 4 nitrogen and oxygen atoms in total. The molecule has 2 aromatic carbocycles. The first-order valence-electron chi connectivity index (χ1n) is 9.08. The van der Waals surface area contributed by atoms with Crippen LogP contribution in [-0.4, -0.2) is 29.1 Å². The maximum absolute atomic E-state index is 13.4. The van der Waals surface area contributed by atoms with E-state index in [0.717, 1.165) is 24.1 Å². The number of likely N-dealkylation sites (tertiary alicyclic amines) is 1. The van der Waals surface area contributed by atoms with Crippen molar-refractivity contribution in [2.24, 2.45) is 5.92 Å². The molecule has 1 saturated carbocycles. The summed E-state index contributed by atoms with van der Waals surface area (Å²) in [5.41, 5.74) is 1.77.